The van der Waals surface area contributed by atoms with E-state index in [2.05, 4.69) is 10.1 Å². The minimum absolute atomic E-state index is 0.120. The van der Waals surface area contributed by atoms with E-state index in [-0.39, 0.29) is 18.4 Å². The number of hydrazone groups is 1. The van der Waals surface area contributed by atoms with Crippen molar-refractivity contribution < 1.29 is 19.1 Å². The zero-order valence-corrected chi connectivity index (χ0v) is 18.7. The van der Waals surface area contributed by atoms with E-state index in [9.17, 15) is 14.4 Å². The number of esters is 1. The quantitative estimate of drug-likeness (QED) is 0.496. The lowest BCUT2D eigenvalue weighted by Gasteiger charge is -2.50. The first-order chi connectivity index (χ1) is 15.8. The van der Waals surface area contributed by atoms with Gasteiger partial charge in [0.05, 0.1) is 24.4 Å². The topological polar surface area (TPSA) is 95.1 Å². The van der Waals surface area contributed by atoms with E-state index >= 15 is 0 Å². The van der Waals surface area contributed by atoms with Gasteiger partial charge in [-0.1, -0.05) is 30.3 Å². The van der Waals surface area contributed by atoms with Crippen LogP contribution in [-0.2, 0) is 26.3 Å². The van der Waals surface area contributed by atoms with Crippen LogP contribution in [-0.4, -0.2) is 58.6 Å². The molecule has 0 radical (unpaired) electrons. The van der Waals surface area contributed by atoms with E-state index in [1.807, 2.05) is 38.1 Å². The van der Waals surface area contributed by atoms with Crippen LogP contribution in [0, 0.1) is 0 Å². The van der Waals surface area contributed by atoms with Gasteiger partial charge < -0.3 is 14.6 Å². The van der Waals surface area contributed by atoms with Crippen molar-refractivity contribution in [2.75, 3.05) is 13.7 Å². The lowest BCUT2D eigenvalue weighted by atomic mass is 9.82. The molecule has 1 saturated heterocycles. The standard InChI is InChI=1S/C25H24N4O4/c1-25(2)22-18(17-6-4-5-7-19(17)27-22)12-20-23(31)28(14-21(30)29(20)25)26-13-15-8-10-16(11-9-15)24(32)33-3/h4-11,13,20,27H,12,14H2,1-3H3/b26-13-/t20-/m0/s1. The summed E-state index contributed by atoms with van der Waals surface area (Å²) in [5.74, 6) is -0.778. The number of methoxy groups -OCH3 is 1. The number of carbonyl (C=O) groups excluding carboxylic acids is 3. The molecule has 1 atom stereocenters. The third kappa shape index (κ3) is 3.29. The van der Waals surface area contributed by atoms with Crippen molar-refractivity contribution in [1.29, 1.82) is 0 Å². The number of hydrogen-bond donors (Lipinski definition) is 1. The predicted molar refractivity (Wildman–Crippen MR) is 123 cm³/mol. The van der Waals surface area contributed by atoms with Gasteiger partial charge in [0.15, 0.2) is 0 Å². The summed E-state index contributed by atoms with van der Waals surface area (Å²) in [6, 6.07) is 14.0. The fourth-order valence-corrected chi connectivity index (χ4v) is 4.92. The molecule has 0 aliphatic carbocycles. The molecule has 2 aliphatic heterocycles. The van der Waals surface area contributed by atoms with Gasteiger partial charge in [0.1, 0.15) is 12.6 Å². The van der Waals surface area contributed by atoms with Crippen LogP contribution in [0.3, 0.4) is 0 Å². The fourth-order valence-electron chi connectivity index (χ4n) is 4.92. The summed E-state index contributed by atoms with van der Waals surface area (Å²) in [6.07, 6.45) is 1.96. The molecular formula is C25H24N4O4. The number of aromatic amines is 1. The Morgan fingerprint density at radius 1 is 1.15 bits per heavy atom. The second-order valence-corrected chi connectivity index (χ2v) is 8.82. The van der Waals surface area contributed by atoms with Crippen molar-refractivity contribution in [2.45, 2.75) is 31.8 Å². The molecule has 0 unspecified atom stereocenters. The van der Waals surface area contributed by atoms with Crippen molar-refractivity contribution in [2.24, 2.45) is 5.10 Å². The number of carbonyl (C=O) groups is 3. The minimum Gasteiger partial charge on any atom is -0.465 e. The summed E-state index contributed by atoms with van der Waals surface area (Å²) in [4.78, 5) is 43.4. The molecule has 1 fully saturated rings. The van der Waals surface area contributed by atoms with Gasteiger partial charge in [0, 0.05) is 23.0 Å². The zero-order chi connectivity index (χ0) is 23.3. The summed E-state index contributed by atoms with van der Waals surface area (Å²) in [6.45, 7) is 3.83. The van der Waals surface area contributed by atoms with Crippen LogP contribution >= 0.6 is 0 Å². The maximum Gasteiger partial charge on any atom is 0.337 e. The summed E-state index contributed by atoms with van der Waals surface area (Å²) in [5, 5.41) is 6.63. The third-order valence-electron chi connectivity index (χ3n) is 6.51. The van der Waals surface area contributed by atoms with Gasteiger partial charge in [-0.2, -0.15) is 5.10 Å². The number of nitrogens with zero attached hydrogens (tertiary/aromatic N) is 3. The SMILES string of the molecule is COC(=O)c1ccc(/C=N\N2CC(=O)N3[C@@H](Cc4c([nH]c5ccccc45)C3(C)C)C2=O)cc1. The highest BCUT2D eigenvalue weighted by Crippen LogP contribution is 2.42. The summed E-state index contributed by atoms with van der Waals surface area (Å²) in [5.41, 5.74) is 3.53. The Kier molecular flexibility index (Phi) is 4.81. The Bertz CT molecular complexity index is 1310. The van der Waals surface area contributed by atoms with E-state index in [1.54, 1.807) is 29.2 Å². The van der Waals surface area contributed by atoms with Crippen LogP contribution in [0.5, 0.6) is 0 Å². The number of rotatable bonds is 3. The van der Waals surface area contributed by atoms with E-state index in [1.165, 1.54) is 18.3 Å². The molecule has 0 saturated carbocycles. The highest BCUT2D eigenvalue weighted by molar-refractivity contribution is 5.98. The highest BCUT2D eigenvalue weighted by atomic mass is 16.5. The first-order valence-electron chi connectivity index (χ1n) is 10.8. The lowest BCUT2D eigenvalue weighted by Crippen LogP contribution is -2.66. The van der Waals surface area contributed by atoms with E-state index in [0.29, 0.717) is 17.5 Å². The number of fused-ring (bicyclic) bond motifs is 4. The van der Waals surface area contributed by atoms with Gasteiger partial charge in [0.2, 0.25) is 5.91 Å². The van der Waals surface area contributed by atoms with Gasteiger partial charge in [0.25, 0.3) is 5.91 Å². The van der Waals surface area contributed by atoms with Crippen LogP contribution in [0.4, 0.5) is 0 Å². The predicted octanol–water partition coefficient (Wildman–Crippen LogP) is 2.82. The molecule has 3 heterocycles. The molecule has 2 aliphatic rings. The van der Waals surface area contributed by atoms with Gasteiger partial charge in [-0.3, -0.25) is 9.59 Å². The Balaban J connectivity index is 1.44. The molecule has 168 valence electrons. The van der Waals surface area contributed by atoms with Gasteiger partial charge in [-0.15, -0.1) is 0 Å². The molecule has 0 spiro atoms. The molecule has 5 rings (SSSR count). The van der Waals surface area contributed by atoms with Crippen LogP contribution in [0.15, 0.2) is 53.6 Å². The van der Waals surface area contributed by atoms with Crippen molar-refractivity contribution in [3.8, 4) is 0 Å². The van der Waals surface area contributed by atoms with Crippen molar-refractivity contribution >= 4 is 34.9 Å². The average molecular weight is 444 g/mol. The van der Waals surface area contributed by atoms with Gasteiger partial charge in [-0.05, 0) is 43.2 Å². The van der Waals surface area contributed by atoms with Crippen molar-refractivity contribution in [1.82, 2.24) is 14.9 Å². The van der Waals surface area contributed by atoms with Crippen LogP contribution in [0.25, 0.3) is 10.9 Å². The first kappa shape index (κ1) is 20.9. The number of amides is 2. The normalized spacial score (nSPS) is 19.7. The Morgan fingerprint density at radius 3 is 2.61 bits per heavy atom. The molecule has 1 N–H and O–H groups in total. The molecule has 3 aromatic rings. The molecule has 2 amide bonds. The van der Waals surface area contributed by atoms with Gasteiger partial charge in [-0.25, -0.2) is 9.80 Å². The molecule has 1 aromatic heterocycles. The van der Waals surface area contributed by atoms with Crippen LogP contribution in [0.2, 0.25) is 0 Å². The maximum absolute atomic E-state index is 13.4. The van der Waals surface area contributed by atoms with E-state index in [0.717, 1.165) is 22.2 Å². The maximum atomic E-state index is 13.4. The molecule has 8 heteroatoms. The van der Waals surface area contributed by atoms with Crippen LogP contribution < -0.4 is 0 Å². The molecule has 0 bridgehead atoms. The van der Waals surface area contributed by atoms with Crippen molar-refractivity contribution in [3.05, 3.63) is 70.9 Å². The van der Waals surface area contributed by atoms with Crippen molar-refractivity contribution in [3.63, 3.8) is 0 Å². The summed E-state index contributed by atoms with van der Waals surface area (Å²) in [7, 11) is 1.33. The zero-order valence-electron chi connectivity index (χ0n) is 18.7. The Morgan fingerprint density at radius 2 is 1.88 bits per heavy atom. The highest BCUT2D eigenvalue weighted by Gasteiger charge is 2.51. The van der Waals surface area contributed by atoms with Gasteiger partial charge >= 0.3 is 5.97 Å². The second-order valence-electron chi connectivity index (χ2n) is 8.82. The average Bonchev–Trinajstić information content (AvgIpc) is 3.20. The number of piperazine rings is 1. The van der Waals surface area contributed by atoms with Crippen LogP contribution in [0.1, 0.15) is 41.0 Å². The smallest absolute Gasteiger partial charge is 0.337 e. The monoisotopic (exact) mass is 444 g/mol. The van der Waals surface area contributed by atoms with E-state index < -0.39 is 17.6 Å². The molecular weight excluding hydrogens is 420 g/mol. The number of H-pyrrole nitrogens is 1. The fraction of sp³-hybridized carbons (Fsp3) is 0.280. The largest absolute Gasteiger partial charge is 0.465 e. The molecule has 33 heavy (non-hydrogen) atoms. The molecule has 2 aromatic carbocycles. The Hall–Kier alpha value is -3.94. The number of hydrogen-bond acceptors (Lipinski definition) is 5. The lowest BCUT2D eigenvalue weighted by molar-refractivity contribution is -0.163. The van der Waals surface area contributed by atoms with E-state index in [4.69, 9.17) is 4.74 Å². The summed E-state index contributed by atoms with van der Waals surface area (Å²) < 4.78 is 4.70. The number of benzene rings is 2. The Labute approximate surface area is 190 Å². The first-order valence-corrected chi connectivity index (χ1v) is 10.8. The number of nitrogens with one attached hydrogen (secondary N) is 1. The third-order valence-corrected chi connectivity index (χ3v) is 6.51. The molecule has 8 nitrogen and oxygen atoms in total. The number of ether oxygens (including phenoxy) is 1. The second kappa shape index (κ2) is 7.58. The minimum atomic E-state index is -0.649. The summed E-state index contributed by atoms with van der Waals surface area (Å²) >= 11 is 0. The number of aromatic nitrogens is 1. The number of para-hydroxylation sites is 1.